The molecule has 0 saturated heterocycles. The summed E-state index contributed by atoms with van der Waals surface area (Å²) in [6.07, 6.45) is 6.62. The van der Waals surface area contributed by atoms with Gasteiger partial charge in [0.05, 0.1) is 21.7 Å². The highest BCUT2D eigenvalue weighted by molar-refractivity contribution is 14.1. The summed E-state index contributed by atoms with van der Waals surface area (Å²) >= 11 is 14.4. The highest BCUT2D eigenvalue weighted by atomic mass is 127. The molecule has 0 bridgehead atoms. The van der Waals surface area contributed by atoms with Gasteiger partial charge in [-0.1, -0.05) is 56.0 Å². The van der Waals surface area contributed by atoms with E-state index in [1.54, 1.807) is 24.3 Å². The second-order valence-electron chi connectivity index (χ2n) is 8.05. The van der Waals surface area contributed by atoms with Crippen molar-refractivity contribution in [3.05, 3.63) is 56.4 Å². The SMILES string of the molecule is CCC(CC)C/C(I)=C\CC(O)COc1cc2ncnc(Nc3ccc(Cl)c(Cl)c3)c2cc1O. The van der Waals surface area contributed by atoms with Gasteiger partial charge in [0.15, 0.2) is 11.5 Å². The molecule has 1 aromatic heterocycles. The van der Waals surface area contributed by atoms with Crippen molar-refractivity contribution in [1.29, 1.82) is 0 Å². The number of benzene rings is 2. The largest absolute Gasteiger partial charge is 0.504 e. The molecule has 3 N–H and O–H groups in total. The predicted octanol–water partition coefficient (Wildman–Crippen LogP) is 7.66. The number of nitrogens with one attached hydrogen (secondary N) is 1. The van der Waals surface area contributed by atoms with Gasteiger partial charge in [0.1, 0.15) is 18.8 Å². The Morgan fingerprint density at radius 3 is 2.62 bits per heavy atom. The minimum Gasteiger partial charge on any atom is -0.504 e. The third kappa shape index (κ3) is 7.34. The normalized spacial score (nSPS) is 12.9. The van der Waals surface area contributed by atoms with Gasteiger partial charge in [-0.15, -0.1) is 0 Å². The van der Waals surface area contributed by atoms with Crippen LogP contribution in [0.2, 0.25) is 10.0 Å². The number of aliphatic hydroxyl groups is 1. The Labute approximate surface area is 223 Å². The Morgan fingerprint density at radius 1 is 1.15 bits per heavy atom. The van der Waals surface area contributed by atoms with Crippen molar-refractivity contribution < 1.29 is 14.9 Å². The summed E-state index contributed by atoms with van der Waals surface area (Å²) in [4.78, 5) is 8.56. The molecule has 1 atom stereocenters. The average molecular weight is 616 g/mol. The number of phenols is 1. The Bertz CT molecular complexity index is 1160. The lowest BCUT2D eigenvalue weighted by molar-refractivity contribution is 0.108. The van der Waals surface area contributed by atoms with Crippen molar-refractivity contribution in [3.8, 4) is 11.5 Å². The van der Waals surface area contributed by atoms with Crippen LogP contribution in [0, 0.1) is 5.92 Å². The number of halogens is 3. The van der Waals surface area contributed by atoms with Crippen molar-refractivity contribution in [3.63, 3.8) is 0 Å². The minimum atomic E-state index is -0.682. The molecule has 0 spiro atoms. The number of fused-ring (bicyclic) bond motifs is 1. The number of phenolic OH excluding ortho intramolecular Hbond substituents is 1. The first-order valence-corrected chi connectivity index (χ1v) is 13.0. The first kappa shape index (κ1) is 26.8. The van der Waals surface area contributed by atoms with Crippen LogP contribution in [0.5, 0.6) is 11.5 Å². The summed E-state index contributed by atoms with van der Waals surface area (Å²) in [6, 6.07) is 8.33. The Balaban J connectivity index is 1.67. The van der Waals surface area contributed by atoms with Crippen LogP contribution >= 0.6 is 45.8 Å². The molecule has 6 nitrogen and oxygen atoms in total. The maximum Gasteiger partial charge on any atom is 0.163 e. The van der Waals surface area contributed by atoms with E-state index in [0.717, 1.165) is 19.3 Å². The first-order chi connectivity index (χ1) is 16.3. The van der Waals surface area contributed by atoms with Crippen LogP contribution < -0.4 is 10.1 Å². The number of aliphatic hydroxyl groups excluding tert-OH is 1. The van der Waals surface area contributed by atoms with E-state index in [4.69, 9.17) is 27.9 Å². The molecule has 0 radical (unpaired) electrons. The predicted molar refractivity (Wildman–Crippen MR) is 148 cm³/mol. The number of ether oxygens (including phenoxy) is 1. The van der Waals surface area contributed by atoms with Crippen molar-refractivity contribution in [2.75, 3.05) is 11.9 Å². The molecule has 0 amide bonds. The maximum absolute atomic E-state index is 10.5. The van der Waals surface area contributed by atoms with E-state index >= 15 is 0 Å². The quantitative estimate of drug-likeness (QED) is 0.192. The highest BCUT2D eigenvalue weighted by Gasteiger charge is 2.13. The monoisotopic (exact) mass is 615 g/mol. The number of rotatable bonds is 11. The molecule has 1 heterocycles. The third-order valence-corrected chi connectivity index (χ3v) is 7.20. The molecule has 182 valence electrons. The number of aromatic hydroxyl groups is 1. The molecule has 0 saturated carbocycles. The lowest BCUT2D eigenvalue weighted by Crippen LogP contribution is -2.16. The molecular formula is C25H28Cl2IN3O3. The molecule has 0 aliphatic rings. The van der Waals surface area contributed by atoms with Gasteiger partial charge in [0.2, 0.25) is 0 Å². The number of hydrogen-bond donors (Lipinski definition) is 3. The molecule has 0 aliphatic heterocycles. The number of anilines is 2. The van der Waals surface area contributed by atoms with Crippen LogP contribution in [-0.4, -0.2) is 32.9 Å². The van der Waals surface area contributed by atoms with Crippen LogP contribution in [0.4, 0.5) is 11.5 Å². The molecular weight excluding hydrogens is 588 g/mol. The zero-order chi connectivity index (χ0) is 24.7. The zero-order valence-electron chi connectivity index (χ0n) is 19.1. The van der Waals surface area contributed by atoms with E-state index in [9.17, 15) is 10.2 Å². The standard InChI is InChI=1S/C25H28Cl2IN3O3/c1-3-15(4-2)9-16(28)5-7-18(32)13-34-24-12-22-19(11-23(24)33)25(30-14-29-22)31-17-6-8-20(26)21(27)10-17/h5-6,8,10-12,14-15,18,32-33H,3-4,7,9,13H2,1-2H3,(H,29,30,31)/b16-5+. The second-order valence-corrected chi connectivity index (χ2v) is 10.3. The van der Waals surface area contributed by atoms with Crippen molar-refractivity contribution in [2.24, 2.45) is 5.92 Å². The van der Waals surface area contributed by atoms with E-state index in [1.165, 1.54) is 16.0 Å². The Morgan fingerprint density at radius 2 is 1.91 bits per heavy atom. The Kier molecular flexibility index (Phi) is 10.1. The van der Waals surface area contributed by atoms with Crippen LogP contribution in [0.15, 0.2) is 46.3 Å². The van der Waals surface area contributed by atoms with Crippen molar-refractivity contribution >= 4 is 68.2 Å². The van der Waals surface area contributed by atoms with Gasteiger partial charge in [-0.05, 0) is 69.2 Å². The molecule has 34 heavy (non-hydrogen) atoms. The molecule has 1 unspecified atom stereocenters. The van der Waals surface area contributed by atoms with E-state index in [1.807, 2.05) is 0 Å². The van der Waals surface area contributed by atoms with Gasteiger partial charge in [-0.25, -0.2) is 9.97 Å². The topological polar surface area (TPSA) is 87.5 Å². The third-order valence-electron chi connectivity index (χ3n) is 5.58. The van der Waals surface area contributed by atoms with Crippen molar-refractivity contribution in [2.45, 2.75) is 45.6 Å². The number of allylic oxidation sites excluding steroid dienone is 1. The van der Waals surface area contributed by atoms with Gasteiger partial charge in [-0.2, -0.15) is 0 Å². The fourth-order valence-corrected chi connectivity index (χ4v) is 4.63. The summed E-state index contributed by atoms with van der Waals surface area (Å²) < 4.78 is 6.95. The number of aromatic nitrogens is 2. The lowest BCUT2D eigenvalue weighted by atomic mass is 9.99. The van der Waals surface area contributed by atoms with Gasteiger partial charge >= 0.3 is 0 Å². The lowest BCUT2D eigenvalue weighted by Gasteiger charge is -2.15. The van der Waals surface area contributed by atoms with Gasteiger partial charge in [-0.3, -0.25) is 0 Å². The molecule has 9 heteroatoms. The van der Waals surface area contributed by atoms with Gasteiger partial charge in [0, 0.05) is 17.1 Å². The van der Waals surface area contributed by atoms with Gasteiger partial charge in [0.25, 0.3) is 0 Å². The molecule has 3 aromatic rings. The van der Waals surface area contributed by atoms with E-state index in [-0.39, 0.29) is 18.1 Å². The average Bonchev–Trinajstić information content (AvgIpc) is 2.82. The van der Waals surface area contributed by atoms with Crippen LogP contribution in [0.3, 0.4) is 0 Å². The maximum atomic E-state index is 10.5. The van der Waals surface area contributed by atoms with Gasteiger partial charge < -0.3 is 20.3 Å². The fourth-order valence-electron chi connectivity index (χ4n) is 3.45. The van der Waals surface area contributed by atoms with E-state index in [2.05, 4.69) is 57.8 Å². The fraction of sp³-hybridized carbons (Fsp3) is 0.360. The Hall–Kier alpha value is -1.81. The molecule has 0 fully saturated rings. The summed E-state index contributed by atoms with van der Waals surface area (Å²) in [7, 11) is 0. The van der Waals surface area contributed by atoms with Crippen LogP contribution in [0.1, 0.15) is 39.5 Å². The zero-order valence-corrected chi connectivity index (χ0v) is 22.7. The summed E-state index contributed by atoms with van der Waals surface area (Å²) in [6.45, 7) is 4.46. The number of hydrogen-bond acceptors (Lipinski definition) is 6. The smallest absolute Gasteiger partial charge is 0.163 e. The molecule has 2 aromatic carbocycles. The van der Waals surface area contributed by atoms with Crippen LogP contribution in [-0.2, 0) is 0 Å². The summed E-state index contributed by atoms with van der Waals surface area (Å²) in [5, 5.41) is 25.5. The first-order valence-electron chi connectivity index (χ1n) is 11.2. The summed E-state index contributed by atoms with van der Waals surface area (Å²) in [5.74, 6) is 1.36. The van der Waals surface area contributed by atoms with Crippen LogP contribution in [0.25, 0.3) is 10.9 Å². The highest BCUT2D eigenvalue weighted by Crippen LogP contribution is 2.35. The van der Waals surface area contributed by atoms with E-state index in [0.29, 0.717) is 44.8 Å². The molecule has 0 aliphatic carbocycles. The molecule has 3 rings (SSSR count). The summed E-state index contributed by atoms with van der Waals surface area (Å²) in [5.41, 5.74) is 1.28. The van der Waals surface area contributed by atoms with E-state index < -0.39 is 6.10 Å². The second kappa shape index (κ2) is 12.8. The number of nitrogens with zero attached hydrogens (tertiary/aromatic N) is 2. The van der Waals surface area contributed by atoms with Crippen molar-refractivity contribution in [1.82, 2.24) is 9.97 Å². The minimum absolute atomic E-state index is 0.0595.